The van der Waals surface area contributed by atoms with Gasteiger partial charge < -0.3 is 5.32 Å². The summed E-state index contributed by atoms with van der Waals surface area (Å²) < 4.78 is 0. The Morgan fingerprint density at radius 1 is 1.09 bits per heavy atom. The summed E-state index contributed by atoms with van der Waals surface area (Å²) in [4.78, 5) is 12.0. The molecule has 2 nitrogen and oxygen atoms in total. The van der Waals surface area contributed by atoms with Crippen molar-refractivity contribution in [1.82, 2.24) is 0 Å². The van der Waals surface area contributed by atoms with Crippen LogP contribution in [0.5, 0.6) is 0 Å². The fourth-order valence-electron chi connectivity index (χ4n) is 1.96. The number of amides is 1. The molecule has 1 amide bonds. The second kappa shape index (κ2) is 8.84. The number of nitrogens with one attached hydrogen (secondary N) is 1. The van der Waals surface area contributed by atoms with Crippen molar-refractivity contribution in [3.05, 3.63) is 62.6 Å². The number of anilines is 1. The third-order valence-corrected chi connectivity index (χ3v) is 5.19. The van der Waals surface area contributed by atoms with Crippen LogP contribution in [0, 0.1) is 6.92 Å². The van der Waals surface area contributed by atoms with Crippen molar-refractivity contribution >= 4 is 58.2 Å². The molecule has 0 heterocycles. The number of carbonyl (C=O) groups is 1. The van der Waals surface area contributed by atoms with E-state index in [2.05, 4.69) is 5.32 Å². The van der Waals surface area contributed by atoms with Crippen LogP contribution < -0.4 is 5.32 Å². The number of benzene rings is 2. The summed E-state index contributed by atoms with van der Waals surface area (Å²) in [5.41, 5.74) is 2.85. The first-order chi connectivity index (χ1) is 11.0. The number of carbonyl (C=O) groups excluding carboxylic acids is 1. The first-order valence-corrected chi connectivity index (χ1v) is 9.32. The van der Waals surface area contributed by atoms with Crippen molar-refractivity contribution in [2.24, 2.45) is 0 Å². The molecule has 2 rings (SSSR count). The Morgan fingerprint density at radius 3 is 2.57 bits per heavy atom. The van der Waals surface area contributed by atoms with Gasteiger partial charge in [0, 0.05) is 28.6 Å². The van der Waals surface area contributed by atoms with Crippen molar-refractivity contribution in [3.8, 4) is 0 Å². The second-order valence-corrected chi connectivity index (χ2v) is 7.41. The van der Waals surface area contributed by atoms with Crippen LogP contribution in [0.4, 0.5) is 5.69 Å². The predicted molar refractivity (Wildman–Crippen MR) is 102 cm³/mol. The van der Waals surface area contributed by atoms with Gasteiger partial charge in [-0.3, -0.25) is 4.79 Å². The van der Waals surface area contributed by atoms with Gasteiger partial charge in [0.05, 0.1) is 10.0 Å². The third-order valence-electron chi connectivity index (χ3n) is 3.19. The zero-order valence-corrected chi connectivity index (χ0v) is 15.6. The summed E-state index contributed by atoms with van der Waals surface area (Å²) in [5.74, 6) is 1.53. The Morgan fingerprint density at radius 2 is 1.87 bits per heavy atom. The first kappa shape index (κ1) is 18.5. The van der Waals surface area contributed by atoms with E-state index < -0.39 is 0 Å². The Balaban J connectivity index is 1.75. The summed E-state index contributed by atoms with van der Waals surface area (Å²) >= 11 is 19.4. The van der Waals surface area contributed by atoms with E-state index in [4.69, 9.17) is 34.8 Å². The van der Waals surface area contributed by atoms with Crippen LogP contribution in [0.1, 0.15) is 17.5 Å². The summed E-state index contributed by atoms with van der Waals surface area (Å²) in [5, 5.41) is 4.68. The molecular weight excluding hydrogens is 373 g/mol. The van der Waals surface area contributed by atoms with Gasteiger partial charge in [-0.05, 0) is 48.4 Å². The number of rotatable bonds is 6. The molecule has 6 heteroatoms. The minimum Gasteiger partial charge on any atom is -0.326 e. The van der Waals surface area contributed by atoms with Gasteiger partial charge in [-0.1, -0.05) is 40.9 Å². The second-order valence-electron chi connectivity index (χ2n) is 5.06. The summed E-state index contributed by atoms with van der Waals surface area (Å²) in [6, 6.07) is 11.0. The molecule has 0 saturated heterocycles. The average Bonchev–Trinajstić information content (AvgIpc) is 2.50. The van der Waals surface area contributed by atoms with Crippen molar-refractivity contribution in [3.63, 3.8) is 0 Å². The van der Waals surface area contributed by atoms with Crippen LogP contribution in [0.25, 0.3) is 0 Å². The molecule has 0 unspecified atom stereocenters. The quantitative estimate of drug-likeness (QED) is 0.595. The lowest BCUT2D eigenvalue weighted by atomic mass is 10.2. The van der Waals surface area contributed by atoms with Gasteiger partial charge in [0.1, 0.15) is 0 Å². The van der Waals surface area contributed by atoms with Crippen LogP contribution in [0.2, 0.25) is 15.1 Å². The Bertz CT molecular complexity index is 706. The van der Waals surface area contributed by atoms with Crippen molar-refractivity contribution < 1.29 is 4.79 Å². The smallest absolute Gasteiger partial charge is 0.225 e. The largest absolute Gasteiger partial charge is 0.326 e. The molecule has 2 aromatic carbocycles. The fourth-order valence-corrected chi connectivity index (χ4v) is 3.40. The van der Waals surface area contributed by atoms with Crippen LogP contribution in [0.15, 0.2) is 36.4 Å². The minimum absolute atomic E-state index is 0.00272. The van der Waals surface area contributed by atoms with Crippen LogP contribution in [0.3, 0.4) is 0 Å². The van der Waals surface area contributed by atoms with Crippen molar-refractivity contribution in [2.45, 2.75) is 19.1 Å². The molecule has 23 heavy (non-hydrogen) atoms. The van der Waals surface area contributed by atoms with Gasteiger partial charge in [-0.15, -0.1) is 0 Å². The van der Waals surface area contributed by atoms with E-state index in [0.29, 0.717) is 21.5 Å². The summed E-state index contributed by atoms with van der Waals surface area (Å²) in [6.07, 6.45) is 0.452. The molecule has 0 fully saturated rings. The maximum Gasteiger partial charge on any atom is 0.225 e. The van der Waals surface area contributed by atoms with E-state index in [9.17, 15) is 4.79 Å². The molecule has 2 aromatic rings. The highest BCUT2D eigenvalue weighted by molar-refractivity contribution is 7.98. The van der Waals surface area contributed by atoms with E-state index in [1.807, 2.05) is 31.2 Å². The summed E-state index contributed by atoms with van der Waals surface area (Å²) in [7, 11) is 0. The Hall–Kier alpha value is -0.870. The lowest BCUT2D eigenvalue weighted by Crippen LogP contribution is -2.13. The van der Waals surface area contributed by atoms with Gasteiger partial charge in [-0.25, -0.2) is 0 Å². The van der Waals surface area contributed by atoms with Gasteiger partial charge in [0.15, 0.2) is 0 Å². The van der Waals surface area contributed by atoms with Gasteiger partial charge in [0.2, 0.25) is 5.91 Å². The number of aryl methyl sites for hydroxylation is 1. The molecule has 0 atom stereocenters. The molecule has 0 aliphatic rings. The number of hydrogen-bond acceptors (Lipinski definition) is 2. The zero-order valence-electron chi connectivity index (χ0n) is 12.5. The molecule has 122 valence electrons. The van der Waals surface area contributed by atoms with E-state index in [-0.39, 0.29) is 5.91 Å². The monoisotopic (exact) mass is 387 g/mol. The van der Waals surface area contributed by atoms with E-state index in [1.165, 1.54) is 0 Å². The predicted octanol–water partition coefficient (Wildman–Crippen LogP) is 6.22. The topological polar surface area (TPSA) is 29.1 Å². The first-order valence-electron chi connectivity index (χ1n) is 7.03. The van der Waals surface area contributed by atoms with E-state index in [1.54, 1.807) is 23.9 Å². The number of thioether (sulfide) groups is 1. The maximum absolute atomic E-state index is 12.0. The molecule has 0 bridgehead atoms. The molecule has 0 aromatic heterocycles. The highest BCUT2D eigenvalue weighted by atomic mass is 35.5. The maximum atomic E-state index is 12.0. The lowest BCUT2D eigenvalue weighted by molar-refractivity contribution is -0.115. The molecule has 0 radical (unpaired) electrons. The molecule has 0 aliphatic heterocycles. The SMILES string of the molecule is Cc1cc(Cl)ccc1NC(=O)CCSCc1ccc(Cl)c(Cl)c1. The normalized spacial score (nSPS) is 10.6. The number of halogens is 3. The highest BCUT2D eigenvalue weighted by Gasteiger charge is 2.06. The zero-order chi connectivity index (χ0) is 16.8. The van der Waals surface area contributed by atoms with Gasteiger partial charge in [-0.2, -0.15) is 11.8 Å². The molecule has 0 saturated carbocycles. The van der Waals surface area contributed by atoms with E-state index in [0.717, 1.165) is 28.3 Å². The lowest BCUT2D eigenvalue weighted by Gasteiger charge is -2.09. The standard InChI is InChI=1S/C17H16Cl3NOS/c1-11-8-13(18)3-5-16(11)21-17(22)6-7-23-10-12-2-4-14(19)15(20)9-12/h2-5,8-9H,6-7,10H2,1H3,(H,21,22). The molecule has 0 spiro atoms. The molecular formula is C17H16Cl3NOS. The van der Waals surface area contributed by atoms with Crippen molar-refractivity contribution in [1.29, 1.82) is 0 Å². The Labute approximate surface area is 155 Å². The molecule has 1 N–H and O–H groups in total. The minimum atomic E-state index is -0.00272. The third kappa shape index (κ3) is 5.92. The fraction of sp³-hybridized carbons (Fsp3) is 0.235. The van der Waals surface area contributed by atoms with Crippen LogP contribution >= 0.6 is 46.6 Å². The van der Waals surface area contributed by atoms with E-state index >= 15 is 0 Å². The molecule has 0 aliphatic carbocycles. The van der Waals surface area contributed by atoms with Crippen molar-refractivity contribution in [2.75, 3.05) is 11.1 Å². The van der Waals surface area contributed by atoms with Crippen LogP contribution in [-0.4, -0.2) is 11.7 Å². The average molecular weight is 389 g/mol. The van der Waals surface area contributed by atoms with Crippen LogP contribution in [-0.2, 0) is 10.5 Å². The van der Waals surface area contributed by atoms with Gasteiger partial charge in [0.25, 0.3) is 0 Å². The summed E-state index contributed by atoms with van der Waals surface area (Å²) in [6.45, 7) is 1.92. The Kier molecular flexibility index (Phi) is 7.09. The number of hydrogen-bond donors (Lipinski definition) is 1. The highest BCUT2D eigenvalue weighted by Crippen LogP contribution is 2.25. The van der Waals surface area contributed by atoms with Gasteiger partial charge >= 0.3 is 0 Å².